The number of carbonyl (C=O) groups excluding carboxylic acids is 1. The van der Waals surface area contributed by atoms with Gasteiger partial charge in [0.2, 0.25) is 0 Å². The van der Waals surface area contributed by atoms with E-state index in [1.54, 1.807) is 6.07 Å². The third-order valence-corrected chi connectivity index (χ3v) is 4.44. The molecule has 1 aliphatic rings. The molecule has 0 radical (unpaired) electrons. The maximum atomic E-state index is 12.8. The van der Waals surface area contributed by atoms with Gasteiger partial charge in [-0.1, -0.05) is 12.1 Å². The number of nitrogens with zero attached hydrogens (tertiary/aromatic N) is 3. The molecule has 1 aromatic heterocycles. The van der Waals surface area contributed by atoms with Gasteiger partial charge < -0.3 is 9.47 Å². The average Bonchev–Trinajstić information content (AvgIpc) is 3.18. The minimum atomic E-state index is -0.0417. The normalized spacial score (nSPS) is 14.1. The zero-order valence-corrected chi connectivity index (χ0v) is 13.0. The van der Waals surface area contributed by atoms with Crippen molar-refractivity contribution in [2.45, 2.75) is 26.7 Å². The van der Waals surface area contributed by atoms with Crippen LogP contribution in [0.25, 0.3) is 5.69 Å². The van der Waals surface area contributed by atoms with Crippen molar-refractivity contribution in [3.05, 3.63) is 52.8 Å². The van der Waals surface area contributed by atoms with Gasteiger partial charge >= 0.3 is 0 Å². The molecular formula is C18H19N3O. The van der Waals surface area contributed by atoms with Crippen molar-refractivity contribution in [3.63, 3.8) is 0 Å². The van der Waals surface area contributed by atoms with Crippen LogP contribution in [0.1, 0.15) is 40.0 Å². The van der Waals surface area contributed by atoms with Crippen molar-refractivity contribution in [2.75, 3.05) is 13.1 Å². The summed E-state index contributed by atoms with van der Waals surface area (Å²) in [5.41, 5.74) is 4.18. The molecule has 1 fully saturated rings. The fourth-order valence-corrected chi connectivity index (χ4v) is 3.01. The number of rotatable bonds is 2. The molecule has 0 bridgehead atoms. The molecule has 2 aromatic rings. The van der Waals surface area contributed by atoms with Gasteiger partial charge in [-0.2, -0.15) is 5.26 Å². The second-order valence-corrected chi connectivity index (χ2v) is 5.78. The Kier molecular flexibility index (Phi) is 3.72. The molecule has 1 amide bonds. The van der Waals surface area contributed by atoms with E-state index < -0.39 is 0 Å². The summed E-state index contributed by atoms with van der Waals surface area (Å²) in [6, 6.07) is 9.90. The van der Waals surface area contributed by atoms with Crippen molar-refractivity contribution in [3.8, 4) is 11.8 Å². The van der Waals surface area contributed by atoms with Gasteiger partial charge in [-0.05, 0) is 49.9 Å². The summed E-state index contributed by atoms with van der Waals surface area (Å²) >= 11 is 0. The Balaban J connectivity index is 2.13. The molecule has 0 unspecified atom stereocenters. The predicted octanol–water partition coefficient (Wildman–Crippen LogP) is 3.20. The van der Waals surface area contributed by atoms with Crippen molar-refractivity contribution in [1.29, 1.82) is 5.26 Å². The number of hydrogen-bond acceptors (Lipinski definition) is 2. The Morgan fingerprint density at radius 2 is 1.91 bits per heavy atom. The summed E-state index contributed by atoms with van der Waals surface area (Å²) in [6.45, 7) is 5.65. The van der Waals surface area contributed by atoms with E-state index in [0.29, 0.717) is 11.3 Å². The Bertz CT molecular complexity index is 761. The Hall–Kier alpha value is -2.54. The molecule has 0 spiro atoms. The van der Waals surface area contributed by atoms with Crippen molar-refractivity contribution >= 4 is 5.91 Å². The van der Waals surface area contributed by atoms with Crippen LogP contribution in [0.3, 0.4) is 0 Å². The standard InChI is InChI=1S/C18H19N3O/c1-13-6-5-7-16(14(13)2)21-11-8-15(12-19)17(21)18(22)20-9-3-4-10-20/h5-8,11H,3-4,9-10H2,1-2H3. The molecule has 112 valence electrons. The quantitative estimate of drug-likeness (QED) is 0.853. The minimum absolute atomic E-state index is 0.0417. The maximum Gasteiger partial charge on any atom is 0.272 e. The zero-order valence-electron chi connectivity index (χ0n) is 13.0. The number of nitriles is 1. The summed E-state index contributed by atoms with van der Waals surface area (Å²) in [5, 5.41) is 9.36. The van der Waals surface area contributed by atoms with Gasteiger partial charge in [0.1, 0.15) is 11.8 Å². The molecule has 4 heteroatoms. The first-order valence-electron chi connectivity index (χ1n) is 7.61. The van der Waals surface area contributed by atoms with Crippen LogP contribution in [0.2, 0.25) is 0 Å². The molecule has 0 aliphatic carbocycles. The third kappa shape index (κ3) is 2.29. The van der Waals surface area contributed by atoms with E-state index in [1.807, 2.05) is 34.7 Å². The van der Waals surface area contributed by atoms with Crippen LogP contribution < -0.4 is 0 Å². The molecular weight excluding hydrogens is 274 g/mol. The van der Waals surface area contributed by atoms with Crippen LogP contribution in [0.5, 0.6) is 0 Å². The van der Waals surface area contributed by atoms with Crippen LogP contribution >= 0.6 is 0 Å². The van der Waals surface area contributed by atoms with Crippen molar-refractivity contribution < 1.29 is 4.79 Å². The lowest BCUT2D eigenvalue weighted by Gasteiger charge is -2.19. The average molecular weight is 293 g/mol. The first-order valence-corrected chi connectivity index (χ1v) is 7.61. The van der Waals surface area contributed by atoms with Gasteiger partial charge in [-0.3, -0.25) is 4.79 Å². The number of aromatic nitrogens is 1. The highest BCUT2D eigenvalue weighted by molar-refractivity contribution is 5.96. The largest absolute Gasteiger partial charge is 0.337 e. The maximum absolute atomic E-state index is 12.8. The lowest BCUT2D eigenvalue weighted by molar-refractivity contribution is 0.0784. The highest BCUT2D eigenvalue weighted by atomic mass is 16.2. The van der Waals surface area contributed by atoms with Gasteiger partial charge in [0.25, 0.3) is 5.91 Å². The van der Waals surface area contributed by atoms with Gasteiger partial charge in [0, 0.05) is 25.0 Å². The van der Waals surface area contributed by atoms with Crippen LogP contribution in [0.15, 0.2) is 30.5 Å². The highest BCUT2D eigenvalue weighted by Gasteiger charge is 2.26. The number of amides is 1. The lowest BCUT2D eigenvalue weighted by Crippen LogP contribution is -2.30. The summed E-state index contributed by atoms with van der Waals surface area (Å²) in [5.74, 6) is -0.0417. The summed E-state index contributed by atoms with van der Waals surface area (Å²) < 4.78 is 1.86. The second-order valence-electron chi connectivity index (χ2n) is 5.78. The Labute approximate surface area is 130 Å². The topological polar surface area (TPSA) is 49.0 Å². The number of hydrogen-bond donors (Lipinski definition) is 0. The van der Waals surface area contributed by atoms with E-state index in [4.69, 9.17) is 0 Å². The Morgan fingerprint density at radius 3 is 2.59 bits per heavy atom. The minimum Gasteiger partial charge on any atom is -0.337 e. The van der Waals surface area contributed by atoms with Crippen molar-refractivity contribution in [2.24, 2.45) is 0 Å². The SMILES string of the molecule is Cc1cccc(-n2ccc(C#N)c2C(=O)N2CCCC2)c1C. The molecule has 22 heavy (non-hydrogen) atoms. The molecule has 4 nitrogen and oxygen atoms in total. The van der Waals surface area contributed by atoms with E-state index in [2.05, 4.69) is 19.1 Å². The van der Waals surface area contributed by atoms with E-state index >= 15 is 0 Å². The van der Waals surface area contributed by atoms with E-state index in [-0.39, 0.29) is 5.91 Å². The fourth-order valence-electron chi connectivity index (χ4n) is 3.01. The lowest BCUT2D eigenvalue weighted by atomic mass is 10.1. The smallest absolute Gasteiger partial charge is 0.272 e. The molecule has 0 atom stereocenters. The van der Waals surface area contributed by atoms with Crippen LogP contribution in [-0.2, 0) is 0 Å². The monoisotopic (exact) mass is 293 g/mol. The zero-order chi connectivity index (χ0) is 15.7. The van der Waals surface area contributed by atoms with Gasteiger partial charge in [-0.15, -0.1) is 0 Å². The summed E-state index contributed by atoms with van der Waals surface area (Å²) in [4.78, 5) is 14.7. The third-order valence-electron chi connectivity index (χ3n) is 4.44. The molecule has 1 saturated heterocycles. The van der Waals surface area contributed by atoms with E-state index in [9.17, 15) is 10.1 Å². The number of aryl methyl sites for hydroxylation is 1. The van der Waals surface area contributed by atoms with Gasteiger partial charge in [0.05, 0.1) is 5.56 Å². The number of likely N-dealkylation sites (tertiary alicyclic amines) is 1. The fraction of sp³-hybridized carbons (Fsp3) is 0.333. The number of benzene rings is 1. The highest BCUT2D eigenvalue weighted by Crippen LogP contribution is 2.24. The van der Waals surface area contributed by atoms with Crippen LogP contribution in [0.4, 0.5) is 0 Å². The van der Waals surface area contributed by atoms with E-state index in [0.717, 1.165) is 37.2 Å². The van der Waals surface area contributed by atoms with Crippen LogP contribution in [-0.4, -0.2) is 28.5 Å². The van der Waals surface area contributed by atoms with Crippen LogP contribution in [0, 0.1) is 25.2 Å². The number of carbonyl (C=O) groups is 1. The molecule has 0 N–H and O–H groups in total. The summed E-state index contributed by atoms with van der Waals surface area (Å²) in [6.07, 6.45) is 3.90. The molecule has 2 heterocycles. The molecule has 0 saturated carbocycles. The first-order chi connectivity index (χ1) is 10.6. The van der Waals surface area contributed by atoms with Gasteiger partial charge in [-0.25, -0.2) is 0 Å². The Morgan fingerprint density at radius 1 is 1.18 bits per heavy atom. The second kappa shape index (κ2) is 5.69. The molecule has 1 aliphatic heterocycles. The molecule has 1 aromatic carbocycles. The van der Waals surface area contributed by atoms with Gasteiger partial charge in [0.15, 0.2) is 0 Å². The molecule has 3 rings (SSSR count). The van der Waals surface area contributed by atoms with E-state index in [1.165, 1.54) is 5.56 Å². The first kappa shape index (κ1) is 14.4. The summed E-state index contributed by atoms with van der Waals surface area (Å²) in [7, 11) is 0. The van der Waals surface area contributed by atoms with Crippen molar-refractivity contribution in [1.82, 2.24) is 9.47 Å². The predicted molar refractivity (Wildman–Crippen MR) is 85.1 cm³/mol.